The number of phenolic OH excluding ortho intramolecular Hbond substituents is 1. The van der Waals surface area contributed by atoms with Gasteiger partial charge in [-0.15, -0.1) is 0 Å². The highest BCUT2D eigenvalue weighted by Gasteiger charge is 2.43. The van der Waals surface area contributed by atoms with Crippen LogP contribution >= 0.6 is 11.6 Å². The van der Waals surface area contributed by atoms with Gasteiger partial charge in [0.25, 0.3) is 0 Å². The van der Waals surface area contributed by atoms with Crippen molar-refractivity contribution in [1.82, 2.24) is 5.32 Å². The Balaban J connectivity index is 1.76. The highest BCUT2D eigenvalue weighted by molar-refractivity contribution is 6.32. The zero-order chi connectivity index (χ0) is 26.2. The Labute approximate surface area is 215 Å². The minimum atomic E-state index is -0.722. The zero-order valence-electron chi connectivity index (χ0n) is 21.0. The van der Waals surface area contributed by atoms with E-state index in [1.54, 1.807) is 38.3 Å². The summed E-state index contributed by atoms with van der Waals surface area (Å²) in [5, 5.41) is 13.7. The molecule has 0 bridgehead atoms. The Bertz CT molecular complexity index is 1280. The van der Waals surface area contributed by atoms with Crippen LogP contribution in [-0.2, 0) is 20.9 Å². The van der Waals surface area contributed by atoms with E-state index in [2.05, 4.69) is 5.32 Å². The van der Waals surface area contributed by atoms with Crippen molar-refractivity contribution in [3.63, 3.8) is 0 Å². The van der Waals surface area contributed by atoms with Gasteiger partial charge in [-0.3, -0.25) is 4.79 Å². The van der Waals surface area contributed by atoms with Crippen LogP contribution in [0.2, 0.25) is 5.02 Å². The second-order valence-corrected chi connectivity index (χ2v) is 10.3. The summed E-state index contributed by atoms with van der Waals surface area (Å²) in [7, 11) is 3.00. The quantitative estimate of drug-likeness (QED) is 0.501. The SMILES string of the molecule is COc1ccc(COC(=O)C2=C(C)NC3=C(C(=O)CC(C)(C)C3)[C@H]2c2cc(Cl)c(O)c(OC)c2)cc1. The first-order chi connectivity index (χ1) is 17.0. The van der Waals surface area contributed by atoms with Crippen LogP contribution < -0.4 is 14.8 Å². The Morgan fingerprint density at radius 1 is 1.14 bits per heavy atom. The minimum Gasteiger partial charge on any atom is -0.503 e. The van der Waals surface area contributed by atoms with Crippen LogP contribution in [0.3, 0.4) is 0 Å². The molecule has 190 valence electrons. The topological polar surface area (TPSA) is 94.1 Å². The fourth-order valence-electron chi connectivity index (χ4n) is 4.90. The number of Topliss-reactive ketones (excluding diaryl/α,β-unsaturated/α-hetero) is 1. The number of benzene rings is 2. The molecule has 1 atom stereocenters. The number of carbonyl (C=O) groups excluding carboxylic acids is 2. The fourth-order valence-corrected chi connectivity index (χ4v) is 5.12. The molecule has 1 aliphatic carbocycles. The van der Waals surface area contributed by atoms with Crippen LogP contribution in [-0.4, -0.2) is 31.1 Å². The smallest absolute Gasteiger partial charge is 0.337 e. The lowest BCUT2D eigenvalue weighted by molar-refractivity contribution is -0.140. The van der Waals surface area contributed by atoms with Crippen molar-refractivity contribution < 1.29 is 28.9 Å². The highest BCUT2D eigenvalue weighted by atomic mass is 35.5. The van der Waals surface area contributed by atoms with Gasteiger partial charge < -0.3 is 24.6 Å². The number of hydrogen-bond donors (Lipinski definition) is 2. The Kier molecular flexibility index (Phi) is 7.05. The van der Waals surface area contributed by atoms with Gasteiger partial charge in [0.1, 0.15) is 12.4 Å². The van der Waals surface area contributed by atoms with E-state index in [-0.39, 0.29) is 34.3 Å². The molecule has 0 amide bonds. The summed E-state index contributed by atoms with van der Waals surface area (Å²) in [5.74, 6) is -0.656. The monoisotopic (exact) mass is 511 g/mol. The van der Waals surface area contributed by atoms with Crippen molar-refractivity contribution >= 4 is 23.4 Å². The number of hydrogen-bond acceptors (Lipinski definition) is 7. The van der Waals surface area contributed by atoms with Crippen molar-refractivity contribution in [2.24, 2.45) is 5.41 Å². The predicted octanol–water partition coefficient (Wildman–Crippen LogP) is 5.41. The number of carbonyl (C=O) groups is 2. The zero-order valence-corrected chi connectivity index (χ0v) is 21.8. The molecule has 36 heavy (non-hydrogen) atoms. The number of dihydropyridines is 1. The molecule has 0 unspecified atom stereocenters. The number of methoxy groups -OCH3 is 2. The third-order valence-corrected chi connectivity index (χ3v) is 6.88. The first-order valence-electron chi connectivity index (χ1n) is 11.6. The maximum absolute atomic E-state index is 13.5. The standard InChI is InChI=1S/C28H30ClNO6/c1-15-23(27(33)36-14-16-6-8-18(34-4)9-7-16)24(17-10-19(29)26(32)22(11-17)35-5)25-20(30-15)12-28(2,3)13-21(25)31/h6-11,24,30,32H,12-14H2,1-5H3/t24-/m0/s1. The molecule has 1 heterocycles. The third-order valence-electron chi connectivity index (χ3n) is 6.59. The maximum atomic E-state index is 13.5. The molecular formula is C28H30ClNO6. The largest absolute Gasteiger partial charge is 0.503 e. The van der Waals surface area contributed by atoms with Gasteiger partial charge in [-0.25, -0.2) is 4.79 Å². The normalized spacial score (nSPS) is 18.9. The lowest BCUT2D eigenvalue weighted by atomic mass is 9.68. The minimum absolute atomic E-state index is 0.0464. The van der Waals surface area contributed by atoms with E-state index in [0.29, 0.717) is 41.0 Å². The molecule has 7 nitrogen and oxygen atoms in total. The summed E-state index contributed by atoms with van der Waals surface area (Å²) in [6.45, 7) is 5.94. The van der Waals surface area contributed by atoms with Crippen LogP contribution in [0.25, 0.3) is 0 Å². The maximum Gasteiger partial charge on any atom is 0.337 e. The Morgan fingerprint density at radius 3 is 2.47 bits per heavy atom. The molecule has 2 N–H and O–H groups in total. The fraction of sp³-hybridized carbons (Fsp3) is 0.357. The molecule has 0 aromatic heterocycles. The van der Waals surface area contributed by atoms with Crippen molar-refractivity contribution in [2.75, 3.05) is 14.2 Å². The summed E-state index contributed by atoms with van der Waals surface area (Å²) >= 11 is 6.31. The van der Waals surface area contributed by atoms with Crippen molar-refractivity contribution in [1.29, 1.82) is 0 Å². The average molecular weight is 512 g/mol. The first kappa shape index (κ1) is 25.6. The summed E-state index contributed by atoms with van der Waals surface area (Å²) in [5.41, 5.74) is 3.37. The number of halogens is 1. The lowest BCUT2D eigenvalue weighted by Gasteiger charge is -2.39. The van der Waals surface area contributed by atoms with Crippen molar-refractivity contribution in [2.45, 2.75) is 46.1 Å². The summed E-state index contributed by atoms with van der Waals surface area (Å²) in [4.78, 5) is 27.0. The summed E-state index contributed by atoms with van der Waals surface area (Å²) in [6, 6.07) is 10.4. The van der Waals surface area contributed by atoms with Gasteiger partial charge in [-0.1, -0.05) is 37.6 Å². The van der Waals surface area contributed by atoms with Crippen LogP contribution in [0.15, 0.2) is 58.9 Å². The summed E-state index contributed by atoms with van der Waals surface area (Å²) in [6.07, 6.45) is 0.999. The number of esters is 1. The van der Waals surface area contributed by atoms with E-state index in [1.807, 2.05) is 26.0 Å². The first-order valence-corrected chi connectivity index (χ1v) is 12.0. The number of phenols is 1. The molecule has 2 aromatic carbocycles. The van der Waals surface area contributed by atoms with Crippen molar-refractivity contribution in [3.8, 4) is 17.2 Å². The molecule has 0 fully saturated rings. The Morgan fingerprint density at radius 2 is 1.83 bits per heavy atom. The van der Waals surface area contributed by atoms with Crippen LogP contribution in [0.4, 0.5) is 0 Å². The van der Waals surface area contributed by atoms with Crippen LogP contribution in [0.5, 0.6) is 17.2 Å². The molecule has 8 heteroatoms. The third kappa shape index (κ3) is 4.93. The molecule has 0 saturated heterocycles. The summed E-state index contributed by atoms with van der Waals surface area (Å²) < 4.78 is 16.2. The molecule has 4 rings (SSSR count). The molecule has 0 spiro atoms. The van der Waals surface area contributed by atoms with Gasteiger partial charge in [0, 0.05) is 29.3 Å². The number of ether oxygens (including phenoxy) is 3. The van der Waals surface area contributed by atoms with Crippen LogP contribution in [0, 0.1) is 5.41 Å². The van der Waals surface area contributed by atoms with E-state index in [0.717, 1.165) is 11.3 Å². The number of allylic oxidation sites excluding steroid dienone is 3. The van der Waals surface area contributed by atoms with Gasteiger partial charge in [0.15, 0.2) is 17.3 Å². The molecule has 0 radical (unpaired) electrons. The van der Waals surface area contributed by atoms with Crippen LogP contribution in [0.1, 0.15) is 50.7 Å². The number of nitrogens with one attached hydrogen (secondary N) is 1. The second-order valence-electron chi connectivity index (χ2n) is 9.91. The van der Waals surface area contributed by atoms with E-state index in [9.17, 15) is 14.7 Å². The molecule has 1 aliphatic heterocycles. The van der Waals surface area contributed by atoms with Gasteiger partial charge in [0.2, 0.25) is 0 Å². The average Bonchev–Trinajstić information content (AvgIpc) is 2.82. The van der Waals surface area contributed by atoms with Crippen molar-refractivity contribution in [3.05, 3.63) is 75.1 Å². The highest BCUT2D eigenvalue weighted by Crippen LogP contribution is 2.49. The molecule has 2 aromatic rings. The molecule has 0 saturated carbocycles. The second kappa shape index (κ2) is 9.90. The number of aromatic hydroxyl groups is 1. The molecule has 2 aliphatic rings. The number of rotatable bonds is 6. The van der Waals surface area contributed by atoms with E-state index in [1.165, 1.54) is 7.11 Å². The number of ketones is 1. The van der Waals surface area contributed by atoms with E-state index >= 15 is 0 Å². The Hall–Kier alpha value is -3.45. The van der Waals surface area contributed by atoms with Gasteiger partial charge in [-0.05, 0) is 54.2 Å². The van der Waals surface area contributed by atoms with Gasteiger partial charge in [0.05, 0.1) is 24.8 Å². The lowest BCUT2D eigenvalue weighted by Crippen LogP contribution is -2.38. The van der Waals surface area contributed by atoms with Gasteiger partial charge in [-0.2, -0.15) is 0 Å². The van der Waals surface area contributed by atoms with E-state index < -0.39 is 11.9 Å². The molecular weight excluding hydrogens is 482 g/mol. The van der Waals surface area contributed by atoms with E-state index in [4.69, 9.17) is 25.8 Å². The van der Waals surface area contributed by atoms with Gasteiger partial charge >= 0.3 is 5.97 Å². The predicted molar refractivity (Wildman–Crippen MR) is 136 cm³/mol.